The fraction of sp³-hybridized carbons (Fsp3) is 0.368. The van der Waals surface area contributed by atoms with Gasteiger partial charge in [0.2, 0.25) is 10.0 Å². The van der Waals surface area contributed by atoms with Crippen molar-refractivity contribution in [2.45, 2.75) is 12.7 Å². The zero-order chi connectivity index (χ0) is 20.1. The summed E-state index contributed by atoms with van der Waals surface area (Å²) in [4.78, 5) is 12.7. The van der Waals surface area contributed by atoms with Crippen LogP contribution in [0.25, 0.3) is 0 Å². The van der Waals surface area contributed by atoms with E-state index in [4.69, 9.17) is 4.74 Å². The van der Waals surface area contributed by atoms with Gasteiger partial charge >= 0.3 is 0 Å². The molecule has 2 aromatic carbocycles. The predicted molar refractivity (Wildman–Crippen MR) is 107 cm³/mol. The fourth-order valence-electron chi connectivity index (χ4n) is 3.30. The Bertz CT molecular complexity index is 940. The number of sulfonamides is 1. The van der Waals surface area contributed by atoms with E-state index in [2.05, 4.69) is 4.90 Å². The van der Waals surface area contributed by atoms with E-state index in [0.717, 1.165) is 11.4 Å². The Balaban J connectivity index is 1.70. The van der Waals surface area contributed by atoms with Gasteiger partial charge in [0.25, 0.3) is 5.69 Å². The van der Waals surface area contributed by atoms with Crippen LogP contribution in [0.2, 0.25) is 0 Å². The first-order chi connectivity index (χ1) is 13.4. The van der Waals surface area contributed by atoms with E-state index in [9.17, 15) is 18.5 Å². The van der Waals surface area contributed by atoms with Crippen LogP contribution in [0.3, 0.4) is 0 Å². The highest BCUT2D eigenvalue weighted by Gasteiger charge is 2.30. The molecule has 0 aromatic heterocycles. The number of para-hydroxylation sites is 3. The zero-order valence-electron chi connectivity index (χ0n) is 15.7. The topological polar surface area (TPSA) is 93.0 Å². The van der Waals surface area contributed by atoms with Gasteiger partial charge in [-0.25, -0.2) is 8.42 Å². The lowest BCUT2D eigenvalue weighted by Crippen LogP contribution is -2.49. The quantitative estimate of drug-likeness (QED) is 0.519. The van der Waals surface area contributed by atoms with Crippen molar-refractivity contribution in [2.75, 3.05) is 37.7 Å². The highest BCUT2D eigenvalue weighted by molar-refractivity contribution is 7.88. The molecule has 28 heavy (non-hydrogen) atoms. The molecule has 9 heteroatoms. The molecule has 0 atom stereocenters. The van der Waals surface area contributed by atoms with Crippen LogP contribution in [0.1, 0.15) is 12.5 Å². The molecule has 0 radical (unpaired) electrons. The second-order valence-corrected chi connectivity index (χ2v) is 8.40. The molecule has 0 aliphatic carbocycles. The Morgan fingerprint density at radius 3 is 2.36 bits per heavy atom. The standard InChI is InChI=1S/C19H23N3O5S/c1-2-27-19-10-6-5-9-18(19)20-11-13-21(14-12-20)28(25,26)15-16-7-3-4-8-17(16)22(23)24/h3-10H,2,11-15H2,1H3. The van der Waals surface area contributed by atoms with Gasteiger partial charge < -0.3 is 9.64 Å². The summed E-state index contributed by atoms with van der Waals surface area (Å²) in [5.41, 5.74) is 0.979. The van der Waals surface area contributed by atoms with Crippen molar-refractivity contribution in [3.63, 3.8) is 0 Å². The summed E-state index contributed by atoms with van der Waals surface area (Å²) >= 11 is 0. The summed E-state index contributed by atoms with van der Waals surface area (Å²) in [6, 6.07) is 13.7. The molecule has 3 rings (SSSR count). The van der Waals surface area contributed by atoms with E-state index in [1.165, 1.54) is 22.5 Å². The number of hydrogen-bond acceptors (Lipinski definition) is 6. The summed E-state index contributed by atoms with van der Waals surface area (Å²) < 4.78 is 32.7. The Hall–Kier alpha value is -2.65. The Kier molecular flexibility index (Phi) is 6.15. The number of rotatable bonds is 7. The molecular weight excluding hydrogens is 382 g/mol. The fourth-order valence-corrected chi connectivity index (χ4v) is 4.84. The highest BCUT2D eigenvalue weighted by Crippen LogP contribution is 2.29. The first-order valence-corrected chi connectivity index (χ1v) is 10.7. The van der Waals surface area contributed by atoms with Crippen molar-refractivity contribution in [2.24, 2.45) is 0 Å². The minimum Gasteiger partial charge on any atom is -0.492 e. The maximum absolute atomic E-state index is 12.8. The summed E-state index contributed by atoms with van der Waals surface area (Å²) in [7, 11) is -3.65. The first-order valence-electron chi connectivity index (χ1n) is 9.09. The maximum atomic E-state index is 12.8. The summed E-state index contributed by atoms with van der Waals surface area (Å²) in [5.74, 6) is 0.404. The molecule has 0 unspecified atom stereocenters. The number of ether oxygens (including phenoxy) is 1. The van der Waals surface area contributed by atoms with Gasteiger partial charge in [-0.05, 0) is 19.1 Å². The molecule has 8 nitrogen and oxygen atoms in total. The molecule has 1 aliphatic rings. The molecule has 1 heterocycles. The van der Waals surface area contributed by atoms with E-state index in [0.29, 0.717) is 32.8 Å². The minimum atomic E-state index is -3.65. The molecule has 0 bridgehead atoms. The third kappa shape index (κ3) is 4.42. The van der Waals surface area contributed by atoms with Crippen LogP contribution in [0.4, 0.5) is 11.4 Å². The average molecular weight is 405 g/mol. The Morgan fingerprint density at radius 1 is 1.04 bits per heavy atom. The molecule has 0 N–H and O–H groups in total. The van der Waals surface area contributed by atoms with Crippen LogP contribution in [-0.4, -0.2) is 50.4 Å². The van der Waals surface area contributed by atoms with Crippen LogP contribution < -0.4 is 9.64 Å². The predicted octanol–water partition coefficient (Wildman–Crippen LogP) is 2.65. The number of hydrogen-bond donors (Lipinski definition) is 0. The van der Waals surface area contributed by atoms with Crippen molar-refractivity contribution in [1.29, 1.82) is 0 Å². The summed E-state index contributed by atoms with van der Waals surface area (Å²) in [6.45, 7) is 4.18. The van der Waals surface area contributed by atoms with Gasteiger partial charge in [-0.3, -0.25) is 10.1 Å². The second kappa shape index (κ2) is 8.57. The maximum Gasteiger partial charge on any atom is 0.273 e. The lowest BCUT2D eigenvalue weighted by atomic mass is 10.2. The van der Waals surface area contributed by atoms with Gasteiger partial charge in [-0.15, -0.1) is 0 Å². The molecule has 150 valence electrons. The molecule has 2 aromatic rings. The van der Waals surface area contributed by atoms with Crippen LogP contribution >= 0.6 is 0 Å². The highest BCUT2D eigenvalue weighted by atomic mass is 32.2. The van der Waals surface area contributed by atoms with Crippen molar-refractivity contribution in [3.05, 3.63) is 64.2 Å². The van der Waals surface area contributed by atoms with Gasteiger partial charge in [-0.2, -0.15) is 4.31 Å². The number of nitrogens with zero attached hydrogens (tertiary/aromatic N) is 3. The Labute approximate surface area is 164 Å². The van der Waals surface area contributed by atoms with Crippen LogP contribution in [0.5, 0.6) is 5.75 Å². The number of nitro benzene ring substituents is 1. The van der Waals surface area contributed by atoms with Gasteiger partial charge in [0.1, 0.15) is 5.75 Å². The van der Waals surface area contributed by atoms with Crippen molar-refractivity contribution in [3.8, 4) is 5.75 Å². The van der Waals surface area contributed by atoms with Gasteiger partial charge in [0, 0.05) is 37.8 Å². The van der Waals surface area contributed by atoms with Crippen molar-refractivity contribution >= 4 is 21.4 Å². The van der Waals surface area contributed by atoms with E-state index in [1.54, 1.807) is 6.07 Å². The SMILES string of the molecule is CCOc1ccccc1N1CCN(S(=O)(=O)Cc2ccccc2[N+](=O)[O-])CC1. The first kappa shape index (κ1) is 20.1. The van der Waals surface area contributed by atoms with Crippen LogP contribution in [0, 0.1) is 10.1 Å². The zero-order valence-corrected chi connectivity index (χ0v) is 16.5. The van der Waals surface area contributed by atoms with Gasteiger partial charge in [-0.1, -0.05) is 30.3 Å². The molecule has 0 spiro atoms. The third-order valence-electron chi connectivity index (χ3n) is 4.66. The number of piperazine rings is 1. The van der Waals surface area contributed by atoms with Crippen molar-refractivity contribution in [1.82, 2.24) is 4.31 Å². The molecule has 1 saturated heterocycles. The third-order valence-corrected chi connectivity index (χ3v) is 6.49. The average Bonchev–Trinajstić information content (AvgIpc) is 2.69. The molecular formula is C19H23N3O5S. The van der Waals surface area contributed by atoms with Gasteiger partial charge in [0.15, 0.2) is 0 Å². The number of benzene rings is 2. The van der Waals surface area contributed by atoms with Gasteiger partial charge in [0.05, 0.1) is 23.0 Å². The Morgan fingerprint density at radius 2 is 1.68 bits per heavy atom. The van der Waals surface area contributed by atoms with Crippen molar-refractivity contribution < 1.29 is 18.1 Å². The summed E-state index contributed by atoms with van der Waals surface area (Å²) in [5, 5.41) is 11.1. The van der Waals surface area contributed by atoms with Crippen LogP contribution in [-0.2, 0) is 15.8 Å². The number of anilines is 1. The lowest BCUT2D eigenvalue weighted by Gasteiger charge is -2.36. The van der Waals surface area contributed by atoms with E-state index in [1.807, 2.05) is 31.2 Å². The minimum absolute atomic E-state index is 0.171. The largest absolute Gasteiger partial charge is 0.492 e. The van der Waals surface area contributed by atoms with E-state index in [-0.39, 0.29) is 17.0 Å². The lowest BCUT2D eigenvalue weighted by molar-refractivity contribution is -0.385. The molecule has 1 aliphatic heterocycles. The number of nitro groups is 1. The molecule has 1 fully saturated rings. The van der Waals surface area contributed by atoms with Crippen LogP contribution in [0.15, 0.2) is 48.5 Å². The van der Waals surface area contributed by atoms with E-state index < -0.39 is 14.9 Å². The summed E-state index contributed by atoms with van der Waals surface area (Å²) in [6.07, 6.45) is 0. The molecule has 0 saturated carbocycles. The molecule has 0 amide bonds. The normalized spacial score (nSPS) is 15.4. The smallest absolute Gasteiger partial charge is 0.273 e. The monoisotopic (exact) mass is 405 g/mol. The van der Waals surface area contributed by atoms with E-state index >= 15 is 0 Å². The second-order valence-electron chi connectivity index (χ2n) is 6.43.